The topological polar surface area (TPSA) is 55.8 Å². The second kappa shape index (κ2) is 5.29. The maximum absolute atomic E-state index is 11.2. The van der Waals surface area contributed by atoms with E-state index in [0.29, 0.717) is 11.5 Å². The number of hydrogen-bond donors (Lipinski definition) is 1. The Morgan fingerprint density at radius 2 is 2.18 bits per heavy atom. The number of esters is 1. The van der Waals surface area contributed by atoms with E-state index in [-0.39, 0.29) is 0 Å². The molecule has 0 amide bonds. The predicted octanol–water partition coefficient (Wildman–Crippen LogP) is 1.40. The van der Waals surface area contributed by atoms with E-state index < -0.39 is 12.1 Å². The van der Waals surface area contributed by atoms with Gasteiger partial charge in [0.1, 0.15) is 0 Å². The highest BCUT2D eigenvalue weighted by atomic mass is 16.5. The van der Waals surface area contributed by atoms with E-state index in [1.54, 1.807) is 12.1 Å². The Kier molecular flexibility index (Phi) is 3.76. The Balaban J connectivity index is 2.09. The third-order valence-corrected chi connectivity index (χ3v) is 3.08. The van der Waals surface area contributed by atoms with Crippen LogP contribution in [-0.2, 0) is 14.3 Å². The van der Waals surface area contributed by atoms with Gasteiger partial charge in [0.15, 0.2) is 6.10 Å². The van der Waals surface area contributed by atoms with Crippen LogP contribution in [0.15, 0.2) is 24.3 Å². The fourth-order valence-corrected chi connectivity index (χ4v) is 2.00. The smallest absolute Gasteiger partial charge is 0.339 e. The maximum atomic E-state index is 11.2. The molecule has 1 aromatic rings. The highest BCUT2D eigenvalue weighted by molar-refractivity contribution is 5.76. The SMILES string of the molecule is COC(=O)C(O)c1ccc(C2CCOC2)cc1. The zero-order valence-corrected chi connectivity index (χ0v) is 9.76. The second-order valence-corrected chi connectivity index (χ2v) is 4.15. The highest BCUT2D eigenvalue weighted by Crippen LogP contribution is 2.26. The molecule has 0 radical (unpaired) electrons. The van der Waals surface area contributed by atoms with Crippen LogP contribution in [0.25, 0.3) is 0 Å². The lowest BCUT2D eigenvalue weighted by Crippen LogP contribution is -2.13. The van der Waals surface area contributed by atoms with E-state index in [2.05, 4.69) is 4.74 Å². The number of carbonyl (C=O) groups is 1. The van der Waals surface area contributed by atoms with Gasteiger partial charge in [-0.25, -0.2) is 4.79 Å². The maximum Gasteiger partial charge on any atom is 0.339 e. The fraction of sp³-hybridized carbons (Fsp3) is 0.462. The third-order valence-electron chi connectivity index (χ3n) is 3.08. The molecule has 1 aromatic carbocycles. The van der Waals surface area contributed by atoms with Crippen LogP contribution < -0.4 is 0 Å². The lowest BCUT2D eigenvalue weighted by molar-refractivity contribution is -0.150. The first-order valence-electron chi connectivity index (χ1n) is 5.66. The zero-order chi connectivity index (χ0) is 12.3. The van der Waals surface area contributed by atoms with E-state index in [4.69, 9.17) is 4.74 Å². The summed E-state index contributed by atoms with van der Waals surface area (Å²) < 4.78 is 9.81. The molecule has 92 valence electrons. The summed E-state index contributed by atoms with van der Waals surface area (Å²) in [6, 6.07) is 7.38. The Morgan fingerprint density at radius 1 is 1.47 bits per heavy atom. The van der Waals surface area contributed by atoms with Crippen molar-refractivity contribution in [3.8, 4) is 0 Å². The van der Waals surface area contributed by atoms with Gasteiger partial charge >= 0.3 is 5.97 Å². The summed E-state index contributed by atoms with van der Waals surface area (Å²) in [5.74, 6) is -0.207. The first-order chi connectivity index (χ1) is 8.22. The molecule has 1 saturated heterocycles. The van der Waals surface area contributed by atoms with Gasteiger partial charge in [-0.2, -0.15) is 0 Å². The van der Waals surface area contributed by atoms with E-state index in [1.807, 2.05) is 12.1 Å². The minimum absolute atomic E-state index is 0.430. The number of aliphatic hydroxyl groups is 1. The average molecular weight is 236 g/mol. The van der Waals surface area contributed by atoms with Gasteiger partial charge in [0.25, 0.3) is 0 Å². The standard InChI is InChI=1S/C13H16O4/c1-16-13(15)12(14)10-4-2-9(3-5-10)11-6-7-17-8-11/h2-5,11-12,14H,6-8H2,1H3. The molecule has 1 heterocycles. The number of ether oxygens (including phenoxy) is 2. The number of benzene rings is 1. The number of methoxy groups -OCH3 is 1. The summed E-state index contributed by atoms with van der Waals surface area (Å²) in [6.45, 7) is 1.55. The molecule has 2 rings (SSSR count). The Bertz CT molecular complexity index is 379. The molecule has 1 fully saturated rings. The predicted molar refractivity (Wildman–Crippen MR) is 61.6 cm³/mol. The minimum Gasteiger partial charge on any atom is -0.467 e. The van der Waals surface area contributed by atoms with Gasteiger partial charge in [0, 0.05) is 12.5 Å². The largest absolute Gasteiger partial charge is 0.467 e. The van der Waals surface area contributed by atoms with Crippen molar-refractivity contribution in [1.29, 1.82) is 0 Å². The van der Waals surface area contributed by atoms with Crippen LogP contribution >= 0.6 is 0 Å². The van der Waals surface area contributed by atoms with Crippen molar-refractivity contribution >= 4 is 5.97 Å². The molecule has 1 N–H and O–H groups in total. The number of hydrogen-bond acceptors (Lipinski definition) is 4. The number of aliphatic hydroxyl groups excluding tert-OH is 1. The normalized spacial score (nSPS) is 21.2. The van der Waals surface area contributed by atoms with Crippen LogP contribution in [0.1, 0.15) is 29.6 Å². The van der Waals surface area contributed by atoms with E-state index >= 15 is 0 Å². The average Bonchev–Trinajstić information content (AvgIpc) is 2.91. The molecular weight excluding hydrogens is 220 g/mol. The van der Waals surface area contributed by atoms with Gasteiger partial charge < -0.3 is 14.6 Å². The molecule has 0 spiro atoms. The van der Waals surface area contributed by atoms with Gasteiger partial charge in [0.05, 0.1) is 13.7 Å². The summed E-state index contributed by atoms with van der Waals surface area (Å²) in [4.78, 5) is 11.2. The molecule has 1 aliphatic rings. The molecule has 1 aliphatic heterocycles. The lowest BCUT2D eigenvalue weighted by Gasteiger charge is -2.11. The molecule has 4 heteroatoms. The number of rotatable bonds is 3. The van der Waals surface area contributed by atoms with E-state index in [1.165, 1.54) is 12.7 Å². The Labute approximate surface area is 100 Å². The molecular formula is C13H16O4. The summed E-state index contributed by atoms with van der Waals surface area (Å²) in [5, 5.41) is 9.65. The van der Waals surface area contributed by atoms with E-state index in [0.717, 1.165) is 19.6 Å². The Morgan fingerprint density at radius 3 is 2.71 bits per heavy atom. The Hall–Kier alpha value is -1.39. The highest BCUT2D eigenvalue weighted by Gasteiger charge is 2.20. The minimum atomic E-state index is -1.20. The summed E-state index contributed by atoms with van der Waals surface area (Å²) >= 11 is 0. The molecule has 17 heavy (non-hydrogen) atoms. The van der Waals surface area contributed by atoms with Crippen LogP contribution in [-0.4, -0.2) is 31.4 Å². The summed E-state index contributed by atoms with van der Waals surface area (Å²) in [6.07, 6.45) is -0.173. The first-order valence-corrected chi connectivity index (χ1v) is 5.66. The van der Waals surface area contributed by atoms with Gasteiger partial charge in [-0.3, -0.25) is 0 Å². The van der Waals surface area contributed by atoms with Crippen molar-refractivity contribution in [2.75, 3.05) is 20.3 Å². The lowest BCUT2D eigenvalue weighted by atomic mass is 9.96. The van der Waals surface area contributed by atoms with Crippen molar-refractivity contribution in [1.82, 2.24) is 0 Å². The van der Waals surface area contributed by atoms with Crippen molar-refractivity contribution < 1.29 is 19.4 Å². The number of carbonyl (C=O) groups excluding carboxylic acids is 1. The molecule has 0 bridgehead atoms. The zero-order valence-electron chi connectivity index (χ0n) is 9.76. The van der Waals surface area contributed by atoms with Gasteiger partial charge in [-0.1, -0.05) is 24.3 Å². The molecule has 0 aliphatic carbocycles. The molecule has 4 nitrogen and oxygen atoms in total. The third kappa shape index (κ3) is 2.65. The van der Waals surface area contributed by atoms with Crippen molar-refractivity contribution in [3.63, 3.8) is 0 Å². The van der Waals surface area contributed by atoms with Crippen molar-refractivity contribution in [2.24, 2.45) is 0 Å². The van der Waals surface area contributed by atoms with Gasteiger partial charge in [-0.05, 0) is 17.5 Å². The van der Waals surface area contributed by atoms with Crippen LogP contribution in [0.3, 0.4) is 0 Å². The monoisotopic (exact) mass is 236 g/mol. The fourth-order valence-electron chi connectivity index (χ4n) is 2.00. The quantitative estimate of drug-likeness (QED) is 0.806. The van der Waals surface area contributed by atoms with Crippen LogP contribution in [0, 0.1) is 0 Å². The van der Waals surface area contributed by atoms with E-state index in [9.17, 15) is 9.90 Å². The van der Waals surface area contributed by atoms with Crippen molar-refractivity contribution in [3.05, 3.63) is 35.4 Å². The second-order valence-electron chi connectivity index (χ2n) is 4.15. The summed E-state index contributed by atoms with van der Waals surface area (Å²) in [5.41, 5.74) is 1.74. The van der Waals surface area contributed by atoms with Crippen molar-refractivity contribution in [2.45, 2.75) is 18.4 Å². The molecule has 2 atom stereocenters. The van der Waals surface area contributed by atoms with Crippen LogP contribution in [0.5, 0.6) is 0 Å². The van der Waals surface area contributed by atoms with Gasteiger partial charge in [0.2, 0.25) is 0 Å². The van der Waals surface area contributed by atoms with Crippen LogP contribution in [0.4, 0.5) is 0 Å². The molecule has 0 aromatic heterocycles. The molecule has 0 saturated carbocycles. The first kappa shape index (κ1) is 12.1. The molecule has 2 unspecified atom stereocenters. The summed E-state index contributed by atoms with van der Waals surface area (Å²) in [7, 11) is 1.26. The van der Waals surface area contributed by atoms with Gasteiger partial charge in [-0.15, -0.1) is 0 Å². The van der Waals surface area contributed by atoms with Crippen LogP contribution in [0.2, 0.25) is 0 Å².